The lowest BCUT2D eigenvalue weighted by Crippen LogP contribution is -2.61. The molecule has 12 nitrogen and oxygen atoms in total. The number of ketones is 2. The van der Waals surface area contributed by atoms with Crippen LogP contribution in [-0.4, -0.2) is 75.9 Å². The fourth-order valence-corrected chi connectivity index (χ4v) is 7.13. The van der Waals surface area contributed by atoms with Gasteiger partial charge in [-0.1, -0.05) is 79.2 Å². The summed E-state index contributed by atoms with van der Waals surface area (Å²) in [5.74, 6) is -2.73. The summed E-state index contributed by atoms with van der Waals surface area (Å²) in [4.78, 5) is 85.8. The number of nitrogens with zero attached hydrogens (tertiary/aromatic N) is 2. The van der Waals surface area contributed by atoms with E-state index < -0.39 is 59.1 Å². The molecule has 0 radical (unpaired) electrons. The number of aromatic nitrogens is 1. The number of Topliss-reactive ketones (excluding diaryl/α,β-unsaturated/α-hetero) is 2. The van der Waals surface area contributed by atoms with Crippen molar-refractivity contribution >= 4 is 35.3 Å². The van der Waals surface area contributed by atoms with Crippen LogP contribution in [0.2, 0.25) is 0 Å². The predicted octanol–water partition coefficient (Wildman–Crippen LogP) is 3.53. The summed E-state index contributed by atoms with van der Waals surface area (Å²) in [6.45, 7) is 9.95. The summed E-state index contributed by atoms with van der Waals surface area (Å²) >= 11 is 0. The van der Waals surface area contributed by atoms with Gasteiger partial charge in [-0.3, -0.25) is 29.0 Å². The number of amides is 5. The van der Waals surface area contributed by atoms with E-state index in [4.69, 9.17) is 5.73 Å². The molecule has 0 aromatic carbocycles. The molecule has 12 heteroatoms. The van der Waals surface area contributed by atoms with E-state index in [1.165, 1.54) is 4.90 Å². The van der Waals surface area contributed by atoms with Gasteiger partial charge < -0.3 is 26.6 Å². The minimum absolute atomic E-state index is 0.0181. The van der Waals surface area contributed by atoms with Crippen LogP contribution >= 0.6 is 0 Å². The highest BCUT2D eigenvalue weighted by atomic mass is 16.2. The molecular weight excluding hydrogens is 612 g/mol. The van der Waals surface area contributed by atoms with Gasteiger partial charge in [0.2, 0.25) is 23.4 Å². The van der Waals surface area contributed by atoms with Gasteiger partial charge in [0.1, 0.15) is 17.8 Å². The van der Waals surface area contributed by atoms with Gasteiger partial charge in [-0.05, 0) is 66.9 Å². The number of hydrogen-bond acceptors (Lipinski definition) is 7. The summed E-state index contributed by atoms with van der Waals surface area (Å²) in [5, 5.41) is 8.54. The third-order valence-corrected chi connectivity index (χ3v) is 10.5. The molecule has 0 bridgehead atoms. The van der Waals surface area contributed by atoms with Gasteiger partial charge in [-0.2, -0.15) is 0 Å². The lowest BCUT2D eigenvalue weighted by atomic mass is 9.81. The summed E-state index contributed by atoms with van der Waals surface area (Å²) in [6, 6.07) is 0.687. The molecule has 1 aliphatic heterocycles. The normalized spacial score (nSPS) is 22.6. The highest BCUT2D eigenvalue weighted by Gasteiger charge is 2.47. The number of nitrogens with two attached hydrogens (primary N) is 1. The van der Waals surface area contributed by atoms with Crippen molar-refractivity contribution < 1.29 is 28.8 Å². The summed E-state index contributed by atoms with van der Waals surface area (Å²) < 4.78 is 0. The van der Waals surface area contributed by atoms with E-state index in [2.05, 4.69) is 34.8 Å². The average Bonchev–Trinajstić information content (AvgIpc) is 3.78. The zero-order valence-electron chi connectivity index (χ0n) is 29.1. The van der Waals surface area contributed by atoms with Crippen LogP contribution in [0.25, 0.3) is 0 Å². The fourth-order valence-electron chi connectivity index (χ4n) is 7.13. The van der Waals surface area contributed by atoms with Crippen LogP contribution in [0.15, 0.2) is 24.4 Å². The molecule has 4 rings (SSSR count). The number of primary amides is 1. The Balaban J connectivity index is 1.55. The van der Waals surface area contributed by atoms with E-state index in [-0.39, 0.29) is 35.1 Å². The van der Waals surface area contributed by atoms with Gasteiger partial charge in [0.15, 0.2) is 0 Å². The predicted molar refractivity (Wildman–Crippen MR) is 180 cm³/mol. The van der Waals surface area contributed by atoms with E-state index >= 15 is 0 Å². The van der Waals surface area contributed by atoms with Gasteiger partial charge in [0, 0.05) is 12.7 Å². The number of nitrogens with one attached hydrogen (secondary N) is 3. The van der Waals surface area contributed by atoms with Crippen molar-refractivity contribution in [3.05, 3.63) is 30.1 Å². The minimum atomic E-state index is -1.10. The standard InChI is InChI=1S/C36H54N6O6/c1-6-21(2)24-19-27(33(46)39-26(18-22-15-16-22)30(44)32(37)45)42(20-24)34(47)31(36(3,4)5)41-35(48)40-28(23-12-8-7-9-13-23)29(43)25-14-10-11-17-38-25/h10-11,14,17,21-24,26-28,31H,6-9,12-13,15-16,18-20H2,1-5H3,(H2,37,45)(H,39,46)(H2,40,41,48)/t21?,24-,26?,27+,28+,31-/m1/s1. The molecule has 1 saturated heterocycles. The maximum atomic E-state index is 14.4. The number of hydrogen-bond donors (Lipinski definition) is 4. The second-order valence-electron chi connectivity index (χ2n) is 15.2. The number of urea groups is 1. The Kier molecular flexibility index (Phi) is 12.4. The maximum absolute atomic E-state index is 14.4. The molecule has 6 atom stereocenters. The maximum Gasteiger partial charge on any atom is 0.316 e. The first-order valence-corrected chi connectivity index (χ1v) is 17.7. The summed E-state index contributed by atoms with van der Waals surface area (Å²) in [6.07, 6.45) is 9.55. The Morgan fingerprint density at radius 3 is 2.21 bits per heavy atom. The van der Waals surface area contributed by atoms with Gasteiger partial charge in [-0.25, -0.2) is 4.79 Å². The lowest BCUT2D eigenvalue weighted by Gasteiger charge is -2.36. The smallest absolute Gasteiger partial charge is 0.316 e. The van der Waals surface area contributed by atoms with Crippen molar-refractivity contribution in [2.45, 2.75) is 123 Å². The molecule has 2 unspecified atom stereocenters. The van der Waals surface area contributed by atoms with E-state index in [9.17, 15) is 28.8 Å². The number of rotatable bonds is 14. The third kappa shape index (κ3) is 9.41. The van der Waals surface area contributed by atoms with Crippen LogP contribution in [0, 0.1) is 29.1 Å². The SMILES string of the molecule is CCC(C)[C@@H]1C[C@@H](C(=O)NC(CC2CC2)C(=O)C(N)=O)N(C(=O)[C@@H](NC(=O)N[C@H](C(=O)c2ccccn2)C2CCCCC2)C(C)(C)C)C1. The first-order chi connectivity index (χ1) is 22.7. The highest BCUT2D eigenvalue weighted by Crippen LogP contribution is 2.36. The van der Waals surface area contributed by atoms with Gasteiger partial charge >= 0.3 is 6.03 Å². The van der Waals surface area contributed by atoms with Gasteiger partial charge in [0.25, 0.3) is 5.91 Å². The molecule has 48 heavy (non-hydrogen) atoms. The van der Waals surface area contributed by atoms with E-state index in [0.29, 0.717) is 19.4 Å². The molecule has 2 saturated carbocycles. The Labute approximate surface area is 284 Å². The molecule has 0 spiro atoms. The largest absolute Gasteiger partial charge is 0.363 e. The van der Waals surface area contributed by atoms with Crippen molar-refractivity contribution in [2.24, 2.45) is 34.8 Å². The second-order valence-corrected chi connectivity index (χ2v) is 15.2. The molecular formula is C36H54N6O6. The first kappa shape index (κ1) is 37.0. The zero-order chi connectivity index (χ0) is 35.2. The molecule has 3 fully saturated rings. The molecule has 1 aromatic heterocycles. The zero-order valence-corrected chi connectivity index (χ0v) is 29.1. The molecule has 264 valence electrons. The lowest BCUT2D eigenvalue weighted by molar-refractivity contribution is -0.143. The van der Waals surface area contributed by atoms with Crippen LogP contribution in [-0.2, 0) is 19.2 Å². The molecule has 3 aliphatic rings. The monoisotopic (exact) mass is 666 g/mol. The van der Waals surface area contributed by atoms with Crippen molar-refractivity contribution in [3.63, 3.8) is 0 Å². The molecule has 2 heterocycles. The Hall–Kier alpha value is -3.83. The Bertz CT molecular complexity index is 1340. The summed E-state index contributed by atoms with van der Waals surface area (Å²) in [7, 11) is 0. The minimum Gasteiger partial charge on any atom is -0.363 e. The number of pyridine rings is 1. The molecule has 2 aliphatic carbocycles. The fraction of sp³-hybridized carbons (Fsp3) is 0.694. The third-order valence-electron chi connectivity index (χ3n) is 10.5. The highest BCUT2D eigenvalue weighted by molar-refractivity contribution is 6.37. The van der Waals surface area contributed by atoms with E-state index in [1.807, 2.05) is 20.8 Å². The average molecular weight is 667 g/mol. The van der Waals surface area contributed by atoms with Crippen molar-refractivity contribution in [3.8, 4) is 0 Å². The summed E-state index contributed by atoms with van der Waals surface area (Å²) in [5.41, 5.74) is 4.82. The van der Waals surface area contributed by atoms with Crippen LogP contribution in [0.3, 0.4) is 0 Å². The Morgan fingerprint density at radius 1 is 0.958 bits per heavy atom. The van der Waals surface area contributed by atoms with Crippen molar-refractivity contribution in [2.75, 3.05) is 6.54 Å². The topological polar surface area (TPSA) is 181 Å². The Morgan fingerprint density at radius 2 is 1.65 bits per heavy atom. The second kappa shape index (κ2) is 16.0. The van der Waals surface area contributed by atoms with Crippen LogP contribution in [0.5, 0.6) is 0 Å². The molecule has 1 aromatic rings. The first-order valence-electron chi connectivity index (χ1n) is 17.7. The van der Waals surface area contributed by atoms with E-state index in [1.54, 1.807) is 24.4 Å². The molecule has 5 N–H and O–H groups in total. The van der Waals surface area contributed by atoms with Gasteiger partial charge in [0.05, 0.1) is 12.1 Å². The van der Waals surface area contributed by atoms with Crippen molar-refractivity contribution in [1.82, 2.24) is 25.8 Å². The van der Waals surface area contributed by atoms with Crippen LogP contribution in [0.4, 0.5) is 4.79 Å². The van der Waals surface area contributed by atoms with Crippen LogP contribution < -0.4 is 21.7 Å². The number of carbonyl (C=O) groups is 6. The van der Waals surface area contributed by atoms with Crippen LogP contribution in [0.1, 0.15) is 109 Å². The number of likely N-dealkylation sites (tertiary alicyclic amines) is 1. The molecule has 5 amide bonds. The van der Waals surface area contributed by atoms with Gasteiger partial charge in [-0.15, -0.1) is 0 Å². The number of carbonyl (C=O) groups excluding carboxylic acids is 6. The quantitative estimate of drug-likeness (QED) is 0.173. The van der Waals surface area contributed by atoms with E-state index in [0.717, 1.165) is 51.4 Å². The van der Waals surface area contributed by atoms with Crippen molar-refractivity contribution in [1.29, 1.82) is 0 Å².